The second-order valence-corrected chi connectivity index (χ2v) is 7.65. The normalized spacial score (nSPS) is 28.9. The number of hydrogen-bond donors (Lipinski definition) is 1. The lowest BCUT2D eigenvalue weighted by Crippen LogP contribution is -2.50. The molecule has 3 aliphatic heterocycles. The quantitative estimate of drug-likeness (QED) is 0.761. The van der Waals surface area contributed by atoms with Crippen molar-refractivity contribution in [1.82, 2.24) is 20.0 Å². The maximum Gasteiger partial charge on any atom is 0.317 e. The number of nitrogens with one attached hydrogen (secondary N) is 1. The van der Waals surface area contributed by atoms with E-state index >= 15 is 0 Å². The van der Waals surface area contributed by atoms with Crippen LogP contribution < -0.4 is 5.32 Å². The summed E-state index contributed by atoms with van der Waals surface area (Å²) in [5, 5.41) is 3.08. The zero-order valence-electron chi connectivity index (χ0n) is 15.1. The molecule has 2 amide bonds. The van der Waals surface area contributed by atoms with Gasteiger partial charge in [0.05, 0.1) is 12.7 Å². The van der Waals surface area contributed by atoms with Gasteiger partial charge < -0.3 is 15.0 Å². The molecule has 24 heavy (non-hydrogen) atoms. The average molecular weight is 336 g/mol. The van der Waals surface area contributed by atoms with Crippen molar-refractivity contribution in [3.8, 4) is 0 Å². The van der Waals surface area contributed by atoms with Gasteiger partial charge in [0.1, 0.15) is 0 Å². The number of rotatable bonds is 5. The molecule has 2 saturated heterocycles. The molecular formula is C18H32N4O2. The molecule has 0 bridgehead atoms. The van der Waals surface area contributed by atoms with Crippen molar-refractivity contribution >= 4 is 6.03 Å². The highest BCUT2D eigenvalue weighted by molar-refractivity contribution is 5.74. The third-order valence-electron chi connectivity index (χ3n) is 5.14. The standard InChI is InChI=1S/C18H32N4O2/c1-15(2)12-20-9-10-24-17(14-20)11-19-18(23)22-8-5-16(13-22)21-6-3-4-7-21/h3-4,15-17H,5-14H2,1-2H3,(H,19,23). The number of ether oxygens (including phenoxy) is 1. The smallest absolute Gasteiger partial charge is 0.317 e. The third kappa shape index (κ3) is 4.71. The van der Waals surface area contributed by atoms with Crippen LogP contribution >= 0.6 is 0 Å². The number of nitrogens with zero attached hydrogens (tertiary/aromatic N) is 3. The molecule has 3 aliphatic rings. The van der Waals surface area contributed by atoms with Crippen LogP contribution in [0.2, 0.25) is 0 Å². The minimum atomic E-state index is 0.0641. The molecule has 0 spiro atoms. The summed E-state index contributed by atoms with van der Waals surface area (Å²) in [6.45, 7) is 12.6. The topological polar surface area (TPSA) is 48.1 Å². The lowest BCUT2D eigenvalue weighted by molar-refractivity contribution is -0.0293. The lowest BCUT2D eigenvalue weighted by atomic mass is 10.2. The van der Waals surface area contributed by atoms with E-state index in [2.05, 4.69) is 41.1 Å². The predicted molar refractivity (Wildman–Crippen MR) is 95.1 cm³/mol. The van der Waals surface area contributed by atoms with Gasteiger partial charge in [-0.25, -0.2) is 4.79 Å². The summed E-state index contributed by atoms with van der Waals surface area (Å²) < 4.78 is 5.81. The van der Waals surface area contributed by atoms with Gasteiger partial charge in [0.25, 0.3) is 0 Å². The Morgan fingerprint density at radius 3 is 2.79 bits per heavy atom. The molecule has 0 radical (unpaired) electrons. The highest BCUT2D eigenvalue weighted by Gasteiger charge is 2.31. The molecule has 3 rings (SSSR count). The first-order valence-electron chi connectivity index (χ1n) is 9.37. The van der Waals surface area contributed by atoms with Crippen molar-refractivity contribution < 1.29 is 9.53 Å². The Bertz CT molecular complexity index is 446. The van der Waals surface area contributed by atoms with Crippen LogP contribution in [0.15, 0.2) is 12.2 Å². The van der Waals surface area contributed by atoms with Crippen molar-refractivity contribution in [3.05, 3.63) is 12.2 Å². The van der Waals surface area contributed by atoms with E-state index in [9.17, 15) is 4.79 Å². The van der Waals surface area contributed by atoms with Crippen LogP contribution in [0.1, 0.15) is 20.3 Å². The minimum absolute atomic E-state index is 0.0641. The number of urea groups is 1. The maximum atomic E-state index is 12.4. The molecule has 6 heteroatoms. The van der Waals surface area contributed by atoms with Crippen LogP contribution in [-0.4, -0.2) is 91.8 Å². The first-order chi connectivity index (χ1) is 11.6. The molecule has 0 aromatic heterocycles. The fourth-order valence-corrected chi connectivity index (χ4v) is 3.92. The van der Waals surface area contributed by atoms with Gasteiger partial charge in [-0.3, -0.25) is 9.80 Å². The Balaban J connectivity index is 1.38. The zero-order valence-corrected chi connectivity index (χ0v) is 15.1. The van der Waals surface area contributed by atoms with E-state index in [0.717, 1.165) is 58.8 Å². The molecule has 0 aromatic rings. The van der Waals surface area contributed by atoms with Gasteiger partial charge in [0.2, 0.25) is 0 Å². The van der Waals surface area contributed by atoms with Crippen molar-refractivity contribution in [2.24, 2.45) is 5.92 Å². The van der Waals surface area contributed by atoms with E-state index in [1.54, 1.807) is 0 Å². The average Bonchev–Trinajstić information content (AvgIpc) is 3.23. The molecule has 0 aromatic carbocycles. The van der Waals surface area contributed by atoms with Crippen LogP contribution in [0.25, 0.3) is 0 Å². The Labute approximate surface area is 145 Å². The maximum absolute atomic E-state index is 12.4. The van der Waals surface area contributed by atoms with Crippen molar-refractivity contribution in [3.63, 3.8) is 0 Å². The first-order valence-corrected chi connectivity index (χ1v) is 9.37. The SMILES string of the molecule is CC(C)CN1CCOC(CNC(=O)N2CCC(N3CC=CC3)C2)C1. The zero-order chi connectivity index (χ0) is 16.9. The number of carbonyl (C=O) groups is 1. The molecule has 2 atom stereocenters. The Hall–Kier alpha value is -1.11. The Kier molecular flexibility index (Phi) is 6.14. The molecule has 1 N–H and O–H groups in total. The molecule has 136 valence electrons. The van der Waals surface area contributed by atoms with Crippen LogP contribution in [0, 0.1) is 5.92 Å². The predicted octanol–water partition coefficient (Wildman–Crippen LogP) is 0.999. The summed E-state index contributed by atoms with van der Waals surface area (Å²) in [4.78, 5) is 19.3. The number of morpholine rings is 1. The summed E-state index contributed by atoms with van der Waals surface area (Å²) in [5.41, 5.74) is 0. The van der Waals surface area contributed by atoms with Gasteiger partial charge in [0.15, 0.2) is 0 Å². The molecule has 3 heterocycles. The van der Waals surface area contributed by atoms with Crippen molar-refractivity contribution in [1.29, 1.82) is 0 Å². The monoisotopic (exact) mass is 336 g/mol. The van der Waals surface area contributed by atoms with Crippen LogP contribution in [0.3, 0.4) is 0 Å². The second kappa shape index (κ2) is 8.32. The molecule has 2 fully saturated rings. The summed E-state index contributed by atoms with van der Waals surface area (Å²) in [5.74, 6) is 0.667. The minimum Gasteiger partial charge on any atom is -0.374 e. The van der Waals surface area contributed by atoms with Crippen molar-refractivity contribution in [2.45, 2.75) is 32.4 Å². The summed E-state index contributed by atoms with van der Waals surface area (Å²) in [7, 11) is 0. The van der Waals surface area contributed by atoms with E-state index < -0.39 is 0 Å². The lowest BCUT2D eigenvalue weighted by Gasteiger charge is -2.34. The third-order valence-corrected chi connectivity index (χ3v) is 5.14. The summed E-state index contributed by atoms with van der Waals surface area (Å²) >= 11 is 0. The van der Waals surface area contributed by atoms with Gasteiger partial charge in [-0.1, -0.05) is 26.0 Å². The molecule has 2 unspecified atom stereocenters. The van der Waals surface area contributed by atoms with Crippen molar-refractivity contribution in [2.75, 3.05) is 59.0 Å². The number of hydrogen-bond acceptors (Lipinski definition) is 4. The number of amides is 2. The van der Waals surface area contributed by atoms with Crippen LogP contribution in [-0.2, 0) is 4.74 Å². The number of likely N-dealkylation sites (tertiary alicyclic amines) is 1. The second-order valence-electron chi connectivity index (χ2n) is 7.65. The first kappa shape index (κ1) is 17.7. The Morgan fingerprint density at radius 2 is 2.04 bits per heavy atom. The Morgan fingerprint density at radius 1 is 1.25 bits per heavy atom. The molecule has 0 aliphatic carbocycles. The molecular weight excluding hydrogens is 304 g/mol. The van der Waals surface area contributed by atoms with E-state index in [1.807, 2.05) is 4.90 Å². The van der Waals surface area contributed by atoms with Gasteiger partial charge in [-0.15, -0.1) is 0 Å². The van der Waals surface area contributed by atoms with Crippen LogP contribution in [0.5, 0.6) is 0 Å². The van der Waals surface area contributed by atoms with Gasteiger partial charge in [-0.05, 0) is 12.3 Å². The highest BCUT2D eigenvalue weighted by Crippen LogP contribution is 2.17. The van der Waals surface area contributed by atoms with E-state index in [1.165, 1.54) is 0 Å². The number of carbonyl (C=O) groups excluding carboxylic acids is 1. The molecule has 0 saturated carbocycles. The van der Waals surface area contributed by atoms with Gasteiger partial charge >= 0.3 is 6.03 Å². The van der Waals surface area contributed by atoms with E-state index in [-0.39, 0.29) is 12.1 Å². The van der Waals surface area contributed by atoms with E-state index in [4.69, 9.17) is 4.74 Å². The molecule has 6 nitrogen and oxygen atoms in total. The summed E-state index contributed by atoms with van der Waals surface area (Å²) in [6, 6.07) is 0.576. The highest BCUT2D eigenvalue weighted by atomic mass is 16.5. The van der Waals surface area contributed by atoms with Gasteiger partial charge in [-0.2, -0.15) is 0 Å². The fourth-order valence-electron chi connectivity index (χ4n) is 3.92. The van der Waals surface area contributed by atoms with Crippen LogP contribution in [0.4, 0.5) is 4.79 Å². The van der Waals surface area contributed by atoms with E-state index in [0.29, 0.717) is 18.5 Å². The largest absolute Gasteiger partial charge is 0.374 e. The fraction of sp³-hybridized carbons (Fsp3) is 0.833. The summed E-state index contributed by atoms with van der Waals surface area (Å²) in [6.07, 6.45) is 5.62. The van der Waals surface area contributed by atoms with Gasteiger partial charge in [0, 0.05) is 58.4 Å².